The lowest BCUT2D eigenvalue weighted by molar-refractivity contribution is -0.150. The lowest BCUT2D eigenvalue weighted by Crippen LogP contribution is -2.35. The van der Waals surface area contributed by atoms with Gasteiger partial charge in [-0.3, -0.25) is 19.3 Å². The van der Waals surface area contributed by atoms with Crippen molar-refractivity contribution in [1.82, 2.24) is 4.90 Å². The molecular weight excluding hydrogens is 509 g/mol. The van der Waals surface area contributed by atoms with Crippen LogP contribution >= 0.6 is 34.4 Å². The van der Waals surface area contributed by atoms with Crippen molar-refractivity contribution in [3.05, 3.63) is 26.2 Å². The van der Waals surface area contributed by atoms with Crippen LogP contribution in [0.2, 0.25) is 0 Å². The zero-order valence-electron chi connectivity index (χ0n) is 16.8. The van der Waals surface area contributed by atoms with Crippen LogP contribution in [0.1, 0.15) is 39.7 Å². The van der Waals surface area contributed by atoms with Crippen molar-refractivity contribution in [2.24, 2.45) is 0 Å². The first-order valence-electron chi connectivity index (χ1n) is 9.34. The highest BCUT2D eigenvalue weighted by atomic mass is 127. The van der Waals surface area contributed by atoms with Crippen molar-refractivity contribution < 1.29 is 28.6 Å². The SMILES string of the molecule is CCOc1cc(/C=C2/SC(=O)N(CC(=O)O[C@@H](C)CC)C2=O)cc(I)c1OCC. The molecule has 9 heteroatoms. The average molecular weight is 533 g/mol. The van der Waals surface area contributed by atoms with Crippen LogP contribution in [0.15, 0.2) is 17.0 Å². The van der Waals surface area contributed by atoms with Crippen molar-refractivity contribution in [3.63, 3.8) is 0 Å². The van der Waals surface area contributed by atoms with Crippen LogP contribution < -0.4 is 9.47 Å². The lowest BCUT2D eigenvalue weighted by Gasteiger charge is -2.15. The molecule has 1 aromatic rings. The highest BCUT2D eigenvalue weighted by Gasteiger charge is 2.37. The molecule has 0 saturated carbocycles. The molecule has 1 aromatic carbocycles. The topological polar surface area (TPSA) is 82.1 Å². The number of carbonyl (C=O) groups is 3. The van der Waals surface area contributed by atoms with Crippen LogP contribution in [0.4, 0.5) is 4.79 Å². The van der Waals surface area contributed by atoms with Crippen molar-refractivity contribution >= 4 is 57.5 Å². The summed E-state index contributed by atoms with van der Waals surface area (Å²) >= 11 is 2.94. The Morgan fingerprint density at radius 1 is 1.21 bits per heavy atom. The van der Waals surface area contributed by atoms with Crippen LogP contribution in [-0.2, 0) is 14.3 Å². The van der Waals surface area contributed by atoms with Gasteiger partial charge in [-0.2, -0.15) is 0 Å². The van der Waals surface area contributed by atoms with Gasteiger partial charge in [0.25, 0.3) is 11.1 Å². The van der Waals surface area contributed by atoms with Gasteiger partial charge in [0.15, 0.2) is 11.5 Å². The molecular formula is C20H24INO6S. The molecule has 1 saturated heterocycles. The molecule has 0 unspecified atom stereocenters. The fourth-order valence-electron chi connectivity index (χ4n) is 2.48. The van der Waals surface area contributed by atoms with E-state index in [1.165, 1.54) is 0 Å². The molecule has 0 spiro atoms. The first-order valence-corrected chi connectivity index (χ1v) is 11.2. The summed E-state index contributed by atoms with van der Waals surface area (Å²) in [6.07, 6.45) is 2.01. The summed E-state index contributed by atoms with van der Waals surface area (Å²) in [4.78, 5) is 38.0. The van der Waals surface area contributed by atoms with Crippen LogP contribution in [0.25, 0.3) is 6.08 Å². The van der Waals surface area contributed by atoms with Crippen LogP contribution in [0, 0.1) is 3.57 Å². The molecule has 7 nitrogen and oxygen atoms in total. The number of ether oxygens (including phenoxy) is 3. The van der Waals surface area contributed by atoms with E-state index in [2.05, 4.69) is 22.6 Å². The second-order valence-corrected chi connectivity index (χ2v) is 8.33. The standard InChI is InChI=1S/C20H24INO6S/c1-5-12(4)28-17(23)11-22-19(24)16(29-20(22)25)10-13-8-14(21)18(27-7-3)15(9-13)26-6-2/h8-10,12H,5-7,11H2,1-4H3/b16-10+/t12-/m0/s1. The van der Waals surface area contributed by atoms with Gasteiger partial charge in [-0.05, 0) is 85.3 Å². The Hall–Kier alpha value is -1.75. The van der Waals surface area contributed by atoms with Gasteiger partial charge < -0.3 is 14.2 Å². The smallest absolute Gasteiger partial charge is 0.326 e. The monoisotopic (exact) mass is 533 g/mol. The highest BCUT2D eigenvalue weighted by molar-refractivity contribution is 14.1. The predicted octanol–water partition coefficient (Wildman–Crippen LogP) is 4.47. The van der Waals surface area contributed by atoms with Gasteiger partial charge in [0.2, 0.25) is 0 Å². The Morgan fingerprint density at radius 2 is 1.90 bits per heavy atom. The van der Waals surface area contributed by atoms with Crippen molar-refractivity contribution in [2.75, 3.05) is 19.8 Å². The molecule has 0 aromatic heterocycles. The molecule has 158 valence electrons. The largest absolute Gasteiger partial charge is 0.490 e. The summed E-state index contributed by atoms with van der Waals surface area (Å²) in [6, 6.07) is 3.61. The molecule has 0 radical (unpaired) electrons. The van der Waals surface area contributed by atoms with Crippen molar-refractivity contribution in [3.8, 4) is 11.5 Å². The van der Waals surface area contributed by atoms with Gasteiger partial charge in [-0.15, -0.1) is 0 Å². The summed E-state index contributed by atoms with van der Waals surface area (Å²) < 4.78 is 17.3. The van der Waals surface area contributed by atoms with E-state index in [-0.39, 0.29) is 11.0 Å². The molecule has 1 heterocycles. The Kier molecular flexibility index (Phi) is 8.81. The van der Waals surface area contributed by atoms with Crippen molar-refractivity contribution in [2.45, 2.75) is 40.2 Å². The van der Waals surface area contributed by atoms with E-state index < -0.39 is 23.7 Å². The molecule has 29 heavy (non-hydrogen) atoms. The minimum Gasteiger partial charge on any atom is -0.490 e. The highest BCUT2D eigenvalue weighted by Crippen LogP contribution is 2.37. The minimum absolute atomic E-state index is 0.244. The Labute approximate surface area is 188 Å². The van der Waals surface area contributed by atoms with E-state index in [4.69, 9.17) is 14.2 Å². The van der Waals surface area contributed by atoms with Gasteiger partial charge >= 0.3 is 5.97 Å². The number of hydrogen-bond acceptors (Lipinski definition) is 7. The predicted molar refractivity (Wildman–Crippen MR) is 120 cm³/mol. The number of halogens is 1. The summed E-state index contributed by atoms with van der Waals surface area (Å²) in [5, 5.41) is -0.493. The van der Waals surface area contributed by atoms with E-state index in [1.54, 1.807) is 19.1 Å². The molecule has 0 bridgehead atoms. The maximum absolute atomic E-state index is 12.6. The van der Waals surface area contributed by atoms with E-state index in [0.717, 1.165) is 20.2 Å². The van der Waals surface area contributed by atoms with Gasteiger partial charge in [0, 0.05) is 0 Å². The van der Waals surface area contributed by atoms with Crippen LogP contribution in [0.5, 0.6) is 11.5 Å². The second-order valence-electron chi connectivity index (χ2n) is 6.17. The molecule has 2 rings (SSSR count). The Balaban J connectivity index is 2.23. The number of esters is 1. The second kappa shape index (κ2) is 10.9. The summed E-state index contributed by atoms with van der Waals surface area (Å²) in [7, 11) is 0. The third-order valence-electron chi connectivity index (χ3n) is 3.99. The fourth-order valence-corrected chi connectivity index (χ4v) is 4.10. The normalized spacial score (nSPS) is 16.3. The number of thioether (sulfide) groups is 1. The molecule has 1 aliphatic heterocycles. The van der Waals surface area contributed by atoms with Crippen LogP contribution in [-0.4, -0.2) is 47.9 Å². The fraction of sp³-hybridized carbons (Fsp3) is 0.450. The van der Waals surface area contributed by atoms with E-state index in [0.29, 0.717) is 36.7 Å². The number of imide groups is 1. The Morgan fingerprint density at radius 3 is 2.52 bits per heavy atom. The number of nitrogens with zero attached hydrogens (tertiary/aromatic N) is 1. The summed E-state index contributed by atoms with van der Waals surface area (Å²) in [5.41, 5.74) is 0.703. The molecule has 0 aliphatic carbocycles. The first kappa shape index (κ1) is 23.5. The third kappa shape index (κ3) is 6.11. The summed E-state index contributed by atoms with van der Waals surface area (Å²) in [5.74, 6) is 0.108. The molecule has 1 atom stereocenters. The number of rotatable bonds is 9. The van der Waals surface area contributed by atoms with E-state index >= 15 is 0 Å². The van der Waals surface area contributed by atoms with Gasteiger partial charge in [0.05, 0.1) is 27.8 Å². The molecule has 1 fully saturated rings. The maximum atomic E-state index is 12.6. The number of carbonyl (C=O) groups excluding carboxylic acids is 3. The number of amides is 2. The van der Waals surface area contributed by atoms with Crippen LogP contribution in [0.3, 0.4) is 0 Å². The minimum atomic E-state index is -0.600. The Bertz CT molecular complexity index is 825. The first-order chi connectivity index (χ1) is 13.8. The van der Waals surface area contributed by atoms with Crippen molar-refractivity contribution in [1.29, 1.82) is 0 Å². The number of hydrogen-bond donors (Lipinski definition) is 0. The molecule has 0 N–H and O–H groups in total. The molecule has 1 aliphatic rings. The van der Waals surface area contributed by atoms with E-state index in [1.807, 2.05) is 26.8 Å². The van der Waals surface area contributed by atoms with E-state index in [9.17, 15) is 14.4 Å². The summed E-state index contributed by atoms with van der Waals surface area (Å²) in [6.45, 7) is 7.98. The van der Waals surface area contributed by atoms with Gasteiger partial charge in [-0.25, -0.2) is 0 Å². The number of benzene rings is 1. The quantitative estimate of drug-likeness (QED) is 0.263. The zero-order valence-corrected chi connectivity index (χ0v) is 19.8. The maximum Gasteiger partial charge on any atom is 0.326 e. The lowest BCUT2D eigenvalue weighted by atomic mass is 10.2. The molecule has 2 amide bonds. The average Bonchev–Trinajstić information content (AvgIpc) is 2.92. The van der Waals surface area contributed by atoms with Gasteiger partial charge in [-0.1, -0.05) is 6.92 Å². The third-order valence-corrected chi connectivity index (χ3v) is 5.70. The zero-order chi connectivity index (χ0) is 21.6. The van der Waals surface area contributed by atoms with Gasteiger partial charge in [0.1, 0.15) is 6.54 Å².